The fraction of sp³-hybridized carbons (Fsp3) is 0.318. The second-order valence-corrected chi connectivity index (χ2v) is 7.55. The number of nitrogens with one attached hydrogen (secondary N) is 1. The van der Waals surface area contributed by atoms with Gasteiger partial charge < -0.3 is 29.4 Å². The minimum absolute atomic E-state index is 0.173. The highest BCUT2D eigenvalue weighted by Crippen LogP contribution is 2.38. The number of hydrogen-bond donors (Lipinski definition) is 2. The molecule has 0 saturated carbocycles. The number of phenolic OH excluding ortho intramolecular Hbond substituents is 1. The van der Waals surface area contributed by atoms with E-state index in [1.807, 2.05) is 36.6 Å². The molecule has 0 spiro atoms. The van der Waals surface area contributed by atoms with Gasteiger partial charge in [0.15, 0.2) is 23.0 Å². The monoisotopic (exact) mass is 449 g/mol. The number of methoxy groups -OCH3 is 4. The number of thiocarbonyl (C=S) groups is 1. The maximum Gasteiger partial charge on any atom is 0.203 e. The first kappa shape index (κ1) is 23.7. The first-order valence-corrected chi connectivity index (χ1v) is 10.9. The van der Waals surface area contributed by atoms with E-state index >= 15 is 0 Å². The fourth-order valence-electron chi connectivity index (χ4n) is 2.86. The average Bonchev–Trinajstić information content (AvgIpc) is 2.77. The van der Waals surface area contributed by atoms with E-state index in [1.165, 1.54) is 7.11 Å². The number of hydrogen-bond acceptors (Lipinski definition) is 7. The summed E-state index contributed by atoms with van der Waals surface area (Å²) < 4.78 is 21.4. The van der Waals surface area contributed by atoms with E-state index in [0.29, 0.717) is 40.3 Å². The third-order valence-electron chi connectivity index (χ3n) is 4.31. The molecule has 30 heavy (non-hydrogen) atoms. The topological polar surface area (TPSA) is 69.2 Å². The molecule has 0 aromatic heterocycles. The van der Waals surface area contributed by atoms with Gasteiger partial charge in [-0.15, -0.1) is 0 Å². The van der Waals surface area contributed by atoms with E-state index in [2.05, 4.69) is 5.32 Å². The summed E-state index contributed by atoms with van der Waals surface area (Å²) in [5.41, 5.74) is 2.65. The minimum Gasteiger partial charge on any atom is -0.504 e. The molecule has 2 aromatic rings. The van der Waals surface area contributed by atoms with Gasteiger partial charge >= 0.3 is 0 Å². The molecule has 0 atom stereocenters. The van der Waals surface area contributed by atoms with Gasteiger partial charge in [0.25, 0.3) is 0 Å². The second-order valence-electron chi connectivity index (χ2n) is 6.25. The Kier molecular flexibility index (Phi) is 9.14. The zero-order valence-corrected chi connectivity index (χ0v) is 19.4. The third kappa shape index (κ3) is 5.96. The van der Waals surface area contributed by atoms with Gasteiger partial charge in [-0.2, -0.15) is 11.8 Å². The van der Waals surface area contributed by atoms with Gasteiger partial charge in [0.1, 0.15) is 0 Å². The van der Waals surface area contributed by atoms with Crippen LogP contribution in [0.2, 0.25) is 0 Å². The average molecular weight is 450 g/mol. The minimum atomic E-state index is 0.173. The molecular formula is C22H27NO5S2. The van der Waals surface area contributed by atoms with Crippen LogP contribution in [0.15, 0.2) is 30.3 Å². The lowest BCUT2D eigenvalue weighted by molar-refractivity contribution is 0.323. The number of phenols is 1. The van der Waals surface area contributed by atoms with Crippen LogP contribution in [0, 0.1) is 0 Å². The summed E-state index contributed by atoms with van der Waals surface area (Å²) in [4.78, 5) is 0.571. The van der Waals surface area contributed by atoms with Crippen molar-refractivity contribution in [2.75, 3.05) is 34.7 Å². The summed E-state index contributed by atoms with van der Waals surface area (Å²) >= 11 is 7.05. The van der Waals surface area contributed by atoms with Gasteiger partial charge in [-0.1, -0.05) is 18.3 Å². The smallest absolute Gasteiger partial charge is 0.203 e. The highest BCUT2D eigenvalue weighted by atomic mass is 32.2. The molecule has 162 valence electrons. The molecule has 6 nitrogen and oxygen atoms in total. The molecule has 0 unspecified atom stereocenters. The second kappa shape index (κ2) is 11.6. The number of benzene rings is 2. The molecule has 0 amide bonds. The van der Waals surface area contributed by atoms with Gasteiger partial charge in [0.05, 0.1) is 33.4 Å². The van der Waals surface area contributed by atoms with Crippen molar-refractivity contribution in [3.05, 3.63) is 47.0 Å². The van der Waals surface area contributed by atoms with Crippen LogP contribution in [0.5, 0.6) is 28.7 Å². The van der Waals surface area contributed by atoms with Crippen LogP contribution in [-0.4, -0.2) is 44.8 Å². The Morgan fingerprint density at radius 1 is 1.00 bits per heavy atom. The van der Waals surface area contributed by atoms with Crippen molar-refractivity contribution in [2.45, 2.75) is 12.3 Å². The number of thioether (sulfide) groups is 1. The SMILES string of the molecule is COc1cc(/C=C/C(=S)NCc2cc(OC)c(OC)c(OC)c2)cc(CSC)c1O. The molecule has 0 heterocycles. The first-order chi connectivity index (χ1) is 14.5. The fourth-order valence-corrected chi connectivity index (χ4v) is 3.54. The zero-order valence-electron chi connectivity index (χ0n) is 17.8. The highest BCUT2D eigenvalue weighted by Gasteiger charge is 2.13. The van der Waals surface area contributed by atoms with Crippen molar-refractivity contribution < 1.29 is 24.1 Å². The normalized spacial score (nSPS) is 10.7. The molecular weight excluding hydrogens is 422 g/mol. The molecule has 8 heteroatoms. The molecule has 2 rings (SSSR count). The summed E-state index contributed by atoms with van der Waals surface area (Å²) in [6.45, 7) is 0.497. The molecule has 0 saturated heterocycles. The maximum absolute atomic E-state index is 10.2. The molecule has 0 bridgehead atoms. The summed E-state index contributed by atoms with van der Waals surface area (Å²) in [6, 6.07) is 7.45. The van der Waals surface area contributed by atoms with Gasteiger partial charge in [-0.05, 0) is 47.7 Å². The summed E-state index contributed by atoms with van der Waals surface area (Å²) in [6.07, 6.45) is 5.68. The molecule has 0 fully saturated rings. The number of ether oxygens (including phenoxy) is 4. The molecule has 0 aliphatic rings. The molecule has 0 aliphatic carbocycles. The lowest BCUT2D eigenvalue weighted by atomic mass is 10.1. The van der Waals surface area contributed by atoms with Crippen LogP contribution in [0.4, 0.5) is 0 Å². The van der Waals surface area contributed by atoms with Crippen molar-refractivity contribution in [3.63, 3.8) is 0 Å². The summed E-state index contributed by atoms with van der Waals surface area (Å²) in [7, 11) is 6.27. The van der Waals surface area contributed by atoms with Gasteiger partial charge in [0.2, 0.25) is 5.75 Å². The Balaban J connectivity index is 2.11. The van der Waals surface area contributed by atoms with Crippen LogP contribution in [0.3, 0.4) is 0 Å². The van der Waals surface area contributed by atoms with Gasteiger partial charge in [-0.3, -0.25) is 0 Å². The Morgan fingerprint density at radius 2 is 1.63 bits per heavy atom. The van der Waals surface area contributed by atoms with E-state index in [1.54, 1.807) is 39.2 Å². The van der Waals surface area contributed by atoms with E-state index in [9.17, 15) is 5.11 Å². The van der Waals surface area contributed by atoms with E-state index in [-0.39, 0.29) is 5.75 Å². The van der Waals surface area contributed by atoms with E-state index in [4.69, 9.17) is 31.2 Å². The van der Waals surface area contributed by atoms with Crippen molar-refractivity contribution >= 4 is 35.0 Å². The quantitative estimate of drug-likeness (QED) is 0.408. The standard InChI is InChI=1S/C22H27NO5S2/c1-25-17-9-14(8-16(13-30-5)21(17)24)6-7-20(29)23-12-15-10-18(26-2)22(28-4)19(11-15)27-3/h6-11,24H,12-13H2,1-5H3,(H,23,29)/b7-6+. The van der Waals surface area contributed by atoms with Crippen molar-refractivity contribution in [1.82, 2.24) is 5.32 Å². The Hall–Kier alpha value is -2.58. The van der Waals surface area contributed by atoms with Crippen LogP contribution in [0.25, 0.3) is 6.08 Å². The number of aromatic hydroxyl groups is 1. The summed E-state index contributed by atoms with van der Waals surface area (Å²) in [5, 5.41) is 13.4. The largest absolute Gasteiger partial charge is 0.504 e. The maximum atomic E-state index is 10.2. The van der Waals surface area contributed by atoms with Crippen molar-refractivity contribution in [3.8, 4) is 28.7 Å². The Bertz CT molecular complexity index is 890. The zero-order chi connectivity index (χ0) is 22.1. The highest BCUT2D eigenvalue weighted by molar-refractivity contribution is 7.97. The Labute approximate surface area is 187 Å². The molecule has 0 radical (unpaired) electrons. The van der Waals surface area contributed by atoms with Crippen molar-refractivity contribution in [1.29, 1.82) is 0 Å². The molecule has 2 N–H and O–H groups in total. The molecule has 2 aromatic carbocycles. The predicted molar refractivity (Wildman–Crippen MR) is 126 cm³/mol. The van der Waals surface area contributed by atoms with Crippen molar-refractivity contribution in [2.24, 2.45) is 0 Å². The van der Waals surface area contributed by atoms with Crippen LogP contribution >= 0.6 is 24.0 Å². The van der Waals surface area contributed by atoms with Crippen LogP contribution in [-0.2, 0) is 12.3 Å². The van der Waals surface area contributed by atoms with E-state index < -0.39 is 0 Å². The Morgan fingerprint density at radius 3 is 2.17 bits per heavy atom. The third-order valence-corrected chi connectivity index (χ3v) is 5.19. The predicted octanol–water partition coefficient (Wildman–Crippen LogP) is 4.42. The summed E-state index contributed by atoms with van der Waals surface area (Å²) in [5.74, 6) is 3.03. The van der Waals surface area contributed by atoms with Gasteiger partial charge in [-0.25, -0.2) is 0 Å². The van der Waals surface area contributed by atoms with E-state index in [0.717, 1.165) is 16.7 Å². The van der Waals surface area contributed by atoms with Gasteiger partial charge in [0, 0.05) is 17.9 Å². The first-order valence-electron chi connectivity index (χ1n) is 9.10. The van der Waals surface area contributed by atoms with Crippen LogP contribution in [0.1, 0.15) is 16.7 Å². The molecule has 0 aliphatic heterocycles. The number of rotatable bonds is 10. The van der Waals surface area contributed by atoms with Crippen LogP contribution < -0.4 is 24.3 Å². The lowest BCUT2D eigenvalue weighted by Gasteiger charge is -2.14. The lowest BCUT2D eigenvalue weighted by Crippen LogP contribution is -2.18.